The number of fused-ring (bicyclic) bond motifs is 2. The first-order valence-corrected chi connectivity index (χ1v) is 11.2. The molecule has 1 saturated heterocycles. The lowest BCUT2D eigenvalue weighted by molar-refractivity contribution is -0.150. The van der Waals surface area contributed by atoms with Crippen LogP contribution in [0.4, 0.5) is 0 Å². The Morgan fingerprint density at radius 1 is 1.12 bits per heavy atom. The summed E-state index contributed by atoms with van der Waals surface area (Å²) in [7, 11) is 1.32. The number of benzene rings is 1. The highest BCUT2D eigenvalue weighted by Gasteiger charge is 2.57. The molecule has 0 unspecified atom stereocenters. The normalized spacial score (nSPS) is 24.3. The largest absolute Gasteiger partial charge is 0.464 e. The number of aromatic nitrogens is 1. The first-order chi connectivity index (χ1) is 15.4. The number of likely N-dealkylation sites (tertiary alicyclic amines) is 1. The average molecular weight is 439 g/mol. The van der Waals surface area contributed by atoms with E-state index < -0.39 is 18.0 Å². The molecule has 0 saturated carbocycles. The molecular formula is C25H30N2O5. The summed E-state index contributed by atoms with van der Waals surface area (Å²) in [4.78, 5) is 41.3. The highest BCUT2D eigenvalue weighted by molar-refractivity contribution is 5.90. The van der Waals surface area contributed by atoms with Gasteiger partial charge in [-0.1, -0.05) is 44.2 Å². The number of carbonyl (C=O) groups excluding carboxylic acids is 3. The molecule has 3 heterocycles. The Morgan fingerprint density at radius 3 is 2.47 bits per heavy atom. The van der Waals surface area contributed by atoms with Crippen LogP contribution in [-0.4, -0.2) is 47.1 Å². The second-order valence-corrected chi connectivity index (χ2v) is 8.84. The van der Waals surface area contributed by atoms with Gasteiger partial charge < -0.3 is 18.9 Å². The van der Waals surface area contributed by atoms with Crippen LogP contribution in [0.2, 0.25) is 0 Å². The van der Waals surface area contributed by atoms with Crippen molar-refractivity contribution in [3.63, 3.8) is 0 Å². The Bertz CT molecular complexity index is 1010. The maximum atomic E-state index is 13.7. The standard InChI is InChI=1S/C25H30N2O5/c1-5-32-25(30)22-20-18(13-17-11-12-19(27(17)22)24(29)31-4)23(28)26(21(20)15(2)3)14-16-9-7-6-8-10-16/h6-12,15,18,20-22H,5,13-14H2,1-4H3/t18-,20-,21+,22-/m1/s1. The maximum Gasteiger partial charge on any atom is 0.354 e. The Labute approximate surface area is 188 Å². The zero-order valence-electron chi connectivity index (χ0n) is 19.0. The summed E-state index contributed by atoms with van der Waals surface area (Å²) in [5.41, 5.74) is 2.14. The summed E-state index contributed by atoms with van der Waals surface area (Å²) in [6.07, 6.45) is 0.477. The lowest BCUT2D eigenvalue weighted by atomic mass is 9.75. The van der Waals surface area contributed by atoms with Crippen LogP contribution in [-0.2, 0) is 32.0 Å². The van der Waals surface area contributed by atoms with E-state index in [4.69, 9.17) is 9.47 Å². The molecule has 1 fully saturated rings. The number of esters is 2. The lowest BCUT2D eigenvalue weighted by Gasteiger charge is -2.39. The molecule has 0 spiro atoms. The molecule has 1 aromatic carbocycles. The molecule has 32 heavy (non-hydrogen) atoms. The smallest absolute Gasteiger partial charge is 0.354 e. The van der Waals surface area contributed by atoms with Crippen LogP contribution >= 0.6 is 0 Å². The van der Waals surface area contributed by atoms with Gasteiger partial charge in [-0.3, -0.25) is 4.79 Å². The van der Waals surface area contributed by atoms with Crippen LogP contribution in [0.5, 0.6) is 0 Å². The Kier molecular flexibility index (Phi) is 6.09. The van der Waals surface area contributed by atoms with Crippen molar-refractivity contribution in [3.8, 4) is 0 Å². The number of nitrogens with zero attached hydrogens (tertiary/aromatic N) is 2. The summed E-state index contributed by atoms with van der Waals surface area (Å²) >= 11 is 0. The monoisotopic (exact) mass is 438 g/mol. The molecular weight excluding hydrogens is 408 g/mol. The molecule has 1 aromatic heterocycles. The molecule has 2 aliphatic heterocycles. The average Bonchev–Trinajstić information content (AvgIpc) is 3.32. The van der Waals surface area contributed by atoms with Crippen LogP contribution < -0.4 is 0 Å². The highest BCUT2D eigenvalue weighted by Crippen LogP contribution is 2.48. The molecule has 4 atom stereocenters. The number of ether oxygens (including phenoxy) is 2. The van der Waals surface area contributed by atoms with Crippen LogP contribution in [0.3, 0.4) is 0 Å². The molecule has 0 N–H and O–H groups in total. The third kappa shape index (κ3) is 3.59. The predicted molar refractivity (Wildman–Crippen MR) is 118 cm³/mol. The number of carbonyl (C=O) groups is 3. The van der Waals surface area contributed by atoms with Gasteiger partial charge in [0.15, 0.2) is 0 Å². The van der Waals surface area contributed by atoms with E-state index in [1.54, 1.807) is 17.6 Å². The van der Waals surface area contributed by atoms with Gasteiger partial charge in [0.2, 0.25) is 5.91 Å². The van der Waals surface area contributed by atoms with E-state index in [1.807, 2.05) is 41.3 Å². The van der Waals surface area contributed by atoms with Gasteiger partial charge in [0.25, 0.3) is 0 Å². The van der Waals surface area contributed by atoms with Gasteiger partial charge in [0.1, 0.15) is 11.7 Å². The molecule has 7 nitrogen and oxygen atoms in total. The van der Waals surface area contributed by atoms with Crippen molar-refractivity contribution >= 4 is 17.8 Å². The molecule has 2 aliphatic rings. The van der Waals surface area contributed by atoms with Gasteiger partial charge in [0.05, 0.1) is 19.6 Å². The maximum absolute atomic E-state index is 13.7. The van der Waals surface area contributed by atoms with Crippen LogP contribution in [0.1, 0.15) is 48.6 Å². The summed E-state index contributed by atoms with van der Waals surface area (Å²) in [6, 6.07) is 12.5. The number of hydrogen-bond donors (Lipinski definition) is 0. The topological polar surface area (TPSA) is 77.8 Å². The van der Waals surface area contributed by atoms with E-state index in [0.29, 0.717) is 18.7 Å². The lowest BCUT2D eigenvalue weighted by Crippen LogP contribution is -2.46. The molecule has 4 rings (SSSR count). The van der Waals surface area contributed by atoms with Crippen molar-refractivity contribution in [1.29, 1.82) is 0 Å². The summed E-state index contributed by atoms with van der Waals surface area (Å²) in [5, 5.41) is 0. The van der Waals surface area contributed by atoms with E-state index in [2.05, 4.69) is 13.8 Å². The Morgan fingerprint density at radius 2 is 1.84 bits per heavy atom. The Hall–Kier alpha value is -3.09. The summed E-state index contributed by atoms with van der Waals surface area (Å²) in [5.74, 6) is -1.38. The fourth-order valence-corrected chi connectivity index (χ4v) is 5.51. The Balaban J connectivity index is 1.81. The molecule has 1 amide bonds. The molecule has 0 bridgehead atoms. The molecule has 170 valence electrons. The third-order valence-electron chi connectivity index (χ3n) is 6.69. The molecule has 0 aliphatic carbocycles. The minimum absolute atomic E-state index is 0.0546. The number of hydrogen-bond acceptors (Lipinski definition) is 5. The van der Waals surface area contributed by atoms with E-state index in [9.17, 15) is 14.4 Å². The fraction of sp³-hybridized carbons (Fsp3) is 0.480. The zero-order valence-corrected chi connectivity index (χ0v) is 19.0. The van der Waals surface area contributed by atoms with Crippen LogP contribution in [0.25, 0.3) is 0 Å². The van der Waals surface area contributed by atoms with Crippen molar-refractivity contribution < 1.29 is 23.9 Å². The van der Waals surface area contributed by atoms with Crippen molar-refractivity contribution in [1.82, 2.24) is 9.47 Å². The molecule has 0 radical (unpaired) electrons. The van der Waals surface area contributed by atoms with Gasteiger partial charge in [-0.2, -0.15) is 0 Å². The van der Waals surface area contributed by atoms with Gasteiger partial charge in [-0.25, -0.2) is 9.59 Å². The van der Waals surface area contributed by atoms with Gasteiger partial charge in [0, 0.05) is 24.2 Å². The minimum atomic E-state index is -0.759. The van der Waals surface area contributed by atoms with Crippen LogP contribution in [0.15, 0.2) is 42.5 Å². The van der Waals surface area contributed by atoms with E-state index in [1.165, 1.54) is 7.11 Å². The molecule has 7 heteroatoms. The van der Waals surface area contributed by atoms with Crippen molar-refractivity contribution in [2.45, 2.75) is 45.8 Å². The van der Waals surface area contributed by atoms with Crippen molar-refractivity contribution in [3.05, 3.63) is 59.4 Å². The van der Waals surface area contributed by atoms with E-state index >= 15 is 0 Å². The number of methoxy groups -OCH3 is 1. The number of amides is 1. The molecule has 2 aromatic rings. The highest BCUT2D eigenvalue weighted by atomic mass is 16.5. The fourth-order valence-electron chi connectivity index (χ4n) is 5.51. The number of rotatable bonds is 6. The van der Waals surface area contributed by atoms with Crippen molar-refractivity contribution in [2.75, 3.05) is 13.7 Å². The quantitative estimate of drug-likeness (QED) is 0.647. The second-order valence-electron chi connectivity index (χ2n) is 8.84. The zero-order chi connectivity index (χ0) is 23.0. The predicted octanol–water partition coefficient (Wildman–Crippen LogP) is 3.23. The van der Waals surface area contributed by atoms with Crippen LogP contribution in [0, 0.1) is 17.8 Å². The van der Waals surface area contributed by atoms with Gasteiger partial charge >= 0.3 is 11.9 Å². The van der Waals surface area contributed by atoms with Gasteiger partial charge in [-0.05, 0) is 37.0 Å². The second kappa shape index (κ2) is 8.81. The van der Waals surface area contributed by atoms with Crippen molar-refractivity contribution in [2.24, 2.45) is 17.8 Å². The minimum Gasteiger partial charge on any atom is -0.464 e. The van der Waals surface area contributed by atoms with Gasteiger partial charge in [-0.15, -0.1) is 0 Å². The SMILES string of the molecule is CCOC(=O)[C@H]1[C@@H]2[C@@H](Cc3ccc(C(=O)OC)n31)C(=O)N(Cc1ccccc1)[C@H]2C(C)C. The van der Waals surface area contributed by atoms with E-state index in [-0.39, 0.29) is 36.3 Å². The summed E-state index contributed by atoms with van der Waals surface area (Å²) in [6.45, 7) is 6.63. The first kappa shape index (κ1) is 22.1. The summed E-state index contributed by atoms with van der Waals surface area (Å²) < 4.78 is 12.2. The first-order valence-electron chi connectivity index (χ1n) is 11.2. The van der Waals surface area contributed by atoms with E-state index in [0.717, 1.165) is 11.3 Å². The third-order valence-corrected chi connectivity index (χ3v) is 6.69.